The lowest BCUT2D eigenvalue weighted by molar-refractivity contribution is 0.0836. The number of aliphatic hydroxyl groups excluding tert-OH is 1. The van der Waals surface area contributed by atoms with Crippen molar-refractivity contribution in [3.63, 3.8) is 0 Å². The van der Waals surface area contributed by atoms with Crippen molar-refractivity contribution in [2.75, 3.05) is 19.8 Å². The Kier molecular flexibility index (Phi) is 5.88. The number of aliphatic hydroxyl groups is 1. The fraction of sp³-hybridized carbons (Fsp3) is 1.00. The van der Waals surface area contributed by atoms with E-state index >= 15 is 0 Å². The van der Waals surface area contributed by atoms with Gasteiger partial charge in [0.2, 0.25) is 0 Å². The van der Waals surface area contributed by atoms with E-state index in [9.17, 15) is 5.11 Å². The normalized spacial score (nSPS) is 33.3. The third-order valence-corrected chi connectivity index (χ3v) is 5.39. The van der Waals surface area contributed by atoms with E-state index in [1.165, 1.54) is 38.5 Å². The summed E-state index contributed by atoms with van der Waals surface area (Å²) < 4.78 is 5.65. The van der Waals surface area contributed by atoms with E-state index in [-0.39, 0.29) is 12.6 Å². The summed E-state index contributed by atoms with van der Waals surface area (Å²) in [5.41, 5.74) is 0.435. The van der Waals surface area contributed by atoms with Gasteiger partial charge in [0.05, 0.1) is 12.7 Å². The average Bonchev–Trinajstić information content (AvgIpc) is 2.92. The van der Waals surface area contributed by atoms with Crippen molar-refractivity contribution in [2.45, 2.75) is 71.4 Å². The zero-order chi connectivity index (χ0) is 14.6. The maximum absolute atomic E-state index is 9.67. The van der Waals surface area contributed by atoms with Crippen LogP contribution in [0.25, 0.3) is 0 Å². The number of rotatable bonds is 5. The molecule has 20 heavy (non-hydrogen) atoms. The van der Waals surface area contributed by atoms with Crippen LogP contribution >= 0.6 is 0 Å². The van der Waals surface area contributed by atoms with Crippen LogP contribution in [0.3, 0.4) is 0 Å². The van der Waals surface area contributed by atoms with Gasteiger partial charge in [0.15, 0.2) is 0 Å². The molecule has 1 aliphatic carbocycles. The molecule has 3 nitrogen and oxygen atoms in total. The van der Waals surface area contributed by atoms with Gasteiger partial charge >= 0.3 is 0 Å². The molecule has 0 bridgehead atoms. The van der Waals surface area contributed by atoms with Crippen LogP contribution in [-0.4, -0.2) is 37.0 Å². The minimum absolute atomic E-state index is 0.261. The zero-order valence-electron chi connectivity index (χ0n) is 13.5. The summed E-state index contributed by atoms with van der Waals surface area (Å²) in [6.45, 7) is 9.15. The van der Waals surface area contributed by atoms with Crippen molar-refractivity contribution in [1.29, 1.82) is 0 Å². The van der Waals surface area contributed by atoms with E-state index in [2.05, 4.69) is 26.1 Å². The van der Waals surface area contributed by atoms with Gasteiger partial charge < -0.3 is 15.2 Å². The molecule has 0 radical (unpaired) electrons. The van der Waals surface area contributed by atoms with E-state index in [0.29, 0.717) is 17.4 Å². The standard InChI is InChI=1S/C17H33NO2/c1-17(2,3)14-8-6-13(7-9-14)16(12-19)18-11-15-5-4-10-20-15/h13-16,18-19H,4-12H2,1-3H3. The van der Waals surface area contributed by atoms with Crippen molar-refractivity contribution in [3.05, 3.63) is 0 Å². The van der Waals surface area contributed by atoms with E-state index < -0.39 is 0 Å². The molecule has 0 aromatic rings. The molecule has 1 heterocycles. The molecule has 2 rings (SSSR count). The highest BCUT2D eigenvalue weighted by Crippen LogP contribution is 2.40. The molecule has 2 fully saturated rings. The van der Waals surface area contributed by atoms with E-state index in [1.807, 2.05) is 0 Å². The molecular weight excluding hydrogens is 250 g/mol. The molecule has 1 saturated carbocycles. The van der Waals surface area contributed by atoms with E-state index in [4.69, 9.17) is 4.74 Å². The van der Waals surface area contributed by atoms with Crippen molar-refractivity contribution in [1.82, 2.24) is 5.32 Å². The predicted molar refractivity (Wildman–Crippen MR) is 82.8 cm³/mol. The van der Waals surface area contributed by atoms with Crippen LogP contribution in [0.1, 0.15) is 59.3 Å². The maximum Gasteiger partial charge on any atom is 0.0700 e. The summed E-state index contributed by atoms with van der Waals surface area (Å²) in [6.07, 6.45) is 7.86. The Bertz CT molecular complexity index is 273. The van der Waals surface area contributed by atoms with Crippen LogP contribution in [0.4, 0.5) is 0 Å². The molecule has 2 aliphatic rings. The molecule has 0 amide bonds. The largest absolute Gasteiger partial charge is 0.395 e. The number of nitrogens with one attached hydrogen (secondary N) is 1. The fourth-order valence-electron chi connectivity index (χ4n) is 3.86. The summed E-state index contributed by atoms with van der Waals surface area (Å²) in [5.74, 6) is 1.48. The Hall–Kier alpha value is -0.120. The molecular formula is C17H33NO2. The third-order valence-electron chi connectivity index (χ3n) is 5.39. The highest BCUT2D eigenvalue weighted by molar-refractivity contribution is 4.86. The lowest BCUT2D eigenvalue weighted by Crippen LogP contribution is -2.44. The third kappa shape index (κ3) is 4.44. The van der Waals surface area contributed by atoms with Crippen LogP contribution in [0.15, 0.2) is 0 Å². The highest BCUT2D eigenvalue weighted by Gasteiger charge is 2.32. The first-order chi connectivity index (χ1) is 9.50. The molecule has 0 spiro atoms. The van der Waals surface area contributed by atoms with Gasteiger partial charge in [0, 0.05) is 19.2 Å². The maximum atomic E-state index is 9.67. The van der Waals surface area contributed by atoms with E-state index in [1.54, 1.807) is 0 Å². The second kappa shape index (κ2) is 7.24. The summed E-state index contributed by atoms with van der Waals surface area (Å²) in [4.78, 5) is 0. The summed E-state index contributed by atoms with van der Waals surface area (Å²) in [6, 6.07) is 0.264. The average molecular weight is 283 g/mol. The first kappa shape index (κ1) is 16.3. The van der Waals surface area contributed by atoms with Gasteiger partial charge in [-0.3, -0.25) is 0 Å². The van der Waals surface area contributed by atoms with Crippen molar-refractivity contribution < 1.29 is 9.84 Å². The topological polar surface area (TPSA) is 41.5 Å². The second-order valence-electron chi connectivity index (χ2n) is 7.81. The lowest BCUT2D eigenvalue weighted by Gasteiger charge is -2.39. The molecule has 2 unspecified atom stereocenters. The van der Waals surface area contributed by atoms with Crippen molar-refractivity contribution >= 4 is 0 Å². The Morgan fingerprint density at radius 1 is 1.15 bits per heavy atom. The van der Waals surface area contributed by atoms with Crippen molar-refractivity contribution in [3.8, 4) is 0 Å². The minimum Gasteiger partial charge on any atom is -0.395 e. The summed E-state index contributed by atoms with van der Waals surface area (Å²) in [5, 5.41) is 13.2. The smallest absolute Gasteiger partial charge is 0.0700 e. The van der Waals surface area contributed by atoms with Crippen LogP contribution in [0, 0.1) is 17.3 Å². The molecule has 118 valence electrons. The Labute approximate surface area is 124 Å². The monoisotopic (exact) mass is 283 g/mol. The molecule has 0 aromatic heterocycles. The predicted octanol–water partition coefficient (Wildman–Crippen LogP) is 2.97. The molecule has 0 aromatic carbocycles. The highest BCUT2D eigenvalue weighted by atomic mass is 16.5. The van der Waals surface area contributed by atoms with Gasteiger partial charge in [0.1, 0.15) is 0 Å². The second-order valence-corrected chi connectivity index (χ2v) is 7.81. The van der Waals surface area contributed by atoms with Gasteiger partial charge in [-0.25, -0.2) is 0 Å². The van der Waals surface area contributed by atoms with Crippen LogP contribution in [0.5, 0.6) is 0 Å². The first-order valence-corrected chi connectivity index (χ1v) is 8.46. The van der Waals surface area contributed by atoms with Crippen LogP contribution < -0.4 is 5.32 Å². The summed E-state index contributed by atoms with van der Waals surface area (Å²) >= 11 is 0. The first-order valence-electron chi connectivity index (χ1n) is 8.46. The Morgan fingerprint density at radius 2 is 1.85 bits per heavy atom. The molecule has 1 aliphatic heterocycles. The number of ether oxygens (including phenoxy) is 1. The molecule has 2 atom stereocenters. The van der Waals surface area contributed by atoms with E-state index in [0.717, 1.165) is 19.1 Å². The SMILES string of the molecule is CC(C)(C)C1CCC(C(CO)NCC2CCCO2)CC1. The van der Waals surface area contributed by atoms with Gasteiger partial charge in [0.25, 0.3) is 0 Å². The van der Waals surface area contributed by atoms with Crippen molar-refractivity contribution in [2.24, 2.45) is 17.3 Å². The molecule has 3 heteroatoms. The fourth-order valence-corrected chi connectivity index (χ4v) is 3.86. The van der Waals surface area contributed by atoms with Gasteiger partial charge in [-0.15, -0.1) is 0 Å². The van der Waals surface area contributed by atoms with Gasteiger partial charge in [-0.1, -0.05) is 20.8 Å². The molecule has 2 N–H and O–H groups in total. The Morgan fingerprint density at radius 3 is 2.35 bits per heavy atom. The zero-order valence-corrected chi connectivity index (χ0v) is 13.5. The molecule has 1 saturated heterocycles. The quantitative estimate of drug-likeness (QED) is 0.815. The van der Waals surface area contributed by atoms with Crippen LogP contribution in [0.2, 0.25) is 0 Å². The number of hydrogen-bond acceptors (Lipinski definition) is 3. The summed E-state index contributed by atoms with van der Waals surface area (Å²) in [7, 11) is 0. The lowest BCUT2D eigenvalue weighted by atomic mass is 9.68. The minimum atomic E-state index is 0.261. The number of hydrogen-bond donors (Lipinski definition) is 2. The Balaban J connectivity index is 1.74. The van der Waals surface area contributed by atoms with Crippen LogP contribution in [-0.2, 0) is 4.74 Å². The van der Waals surface area contributed by atoms with Gasteiger partial charge in [-0.2, -0.15) is 0 Å². The van der Waals surface area contributed by atoms with Gasteiger partial charge in [-0.05, 0) is 55.8 Å².